The Morgan fingerprint density at radius 2 is 0.489 bits per heavy atom. The summed E-state index contributed by atoms with van der Waals surface area (Å²) in [5.74, 6) is 0.535. The first-order chi connectivity index (χ1) is 22.2. The Bertz CT molecular complexity index is 998. The summed E-state index contributed by atoms with van der Waals surface area (Å²) in [5, 5.41) is 2.62. The van der Waals surface area contributed by atoms with Gasteiger partial charge >= 0.3 is 0 Å². The predicted octanol–water partition coefficient (Wildman–Crippen LogP) is 15.7. The molecule has 0 radical (unpaired) electrons. The van der Waals surface area contributed by atoms with Gasteiger partial charge in [-0.1, -0.05) is 248 Å². The van der Waals surface area contributed by atoms with E-state index in [9.17, 15) is 0 Å². The monoisotopic (exact) mass is 611 g/mol. The van der Waals surface area contributed by atoms with E-state index in [4.69, 9.17) is 0 Å². The third-order valence-corrected chi connectivity index (χ3v) is 5.14. The van der Waals surface area contributed by atoms with Gasteiger partial charge in [0.2, 0.25) is 0 Å². The fourth-order valence-electron chi connectivity index (χ4n) is 3.55. The van der Waals surface area contributed by atoms with Gasteiger partial charge in [-0.15, -0.1) is 0 Å². The highest BCUT2D eigenvalue weighted by molar-refractivity contribution is 5.82. The number of hydrogen-bond donors (Lipinski definition) is 0. The zero-order valence-corrected chi connectivity index (χ0v) is 31.6. The fourth-order valence-corrected chi connectivity index (χ4v) is 3.55. The lowest BCUT2D eigenvalue weighted by Crippen LogP contribution is -1.98. The van der Waals surface area contributed by atoms with E-state index in [1.54, 1.807) is 0 Å². The largest absolute Gasteiger partial charge is 0.0683 e. The zero-order valence-electron chi connectivity index (χ0n) is 31.6. The van der Waals surface area contributed by atoms with Crippen LogP contribution in [0.5, 0.6) is 0 Å². The van der Waals surface area contributed by atoms with Crippen LogP contribution < -0.4 is 0 Å². The summed E-state index contributed by atoms with van der Waals surface area (Å²) < 4.78 is 0. The molecule has 0 aliphatic rings. The average Bonchev–Trinajstić information content (AvgIpc) is 3.15. The Balaban J connectivity index is -0.000000244. The second-order valence-corrected chi connectivity index (χ2v) is 8.70. The van der Waals surface area contributed by atoms with Crippen molar-refractivity contribution in [2.45, 2.75) is 115 Å². The van der Waals surface area contributed by atoms with Crippen molar-refractivity contribution in [3.63, 3.8) is 0 Å². The van der Waals surface area contributed by atoms with E-state index in [2.05, 4.69) is 144 Å². The normalized spacial score (nSPS) is 8.13. The summed E-state index contributed by atoms with van der Waals surface area (Å²) in [5.41, 5.74) is 2.82. The van der Waals surface area contributed by atoms with E-state index in [1.165, 1.54) is 34.7 Å². The van der Waals surface area contributed by atoms with E-state index >= 15 is 0 Å². The molecule has 0 heteroatoms. The van der Waals surface area contributed by atoms with Gasteiger partial charge in [0.25, 0.3) is 0 Å². The Kier molecular flexibility index (Phi) is 45.6. The van der Waals surface area contributed by atoms with Crippen molar-refractivity contribution in [3.8, 4) is 0 Å². The third kappa shape index (κ3) is 27.6. The van der Waals surface area contributed by atoms with Crippen LogP contribution in [0.4, 0.5) is 0 Å². The van der Waals surface area contributed by atoms with Crippen LogP contribution in [0.15, 0.2) is 146 Å². The van der Waals surface area contributed by atoms with Gasteiger partial charge in [-0.25, -0.2) is 0 Å². The molecule has 0 bridgehead atoms. The molecule has 0 aromatic heterocycles. The third-order valence-electron chi connectivity index (χ3n) is 5.14. The molecule has 0 heterocycles. The van der Waals surface area contributed by atoms with Crippen LogP contribution in [0.2, 0.25) is 0 Å². The molecule has 5 aromatic rings. The van der Waals surface area contributed by atoms with Gasteiger partial charge in [0.15, 0.2) is 0 Å². The van der Waals surface area contributed by atoms with E-state index < -0.39 is 0 Å². The van der Waals surface area contributed by atoms with Gasteiger partial charge in [-0.2, -0.15) is 0 Å². The van der Waals surface area contributed by atoms with Crippen molar-refractivity contribution in [3.05, 3.63) is 157 Å². The Morgan fingerprint density at radius 1 is 0.311 bits per heavy atom. The van der Waals surface area contributed by atoms with Crippen LogP contribution in [0.25, 0.3) is 10.8 Å². The summed E-state index contributed by atoms with van der Waals surface area (Å²) in [6, 6.07) is 50.1. The molecule has 0 fully saturated rings. The Morgan fingerprint density at radius 3 is 0.689 bits per heavy atom. The second kappa shape index (κ2) is 42.5. The Hall–Kier alpha value is -3.64. The van der Waals surface area contributed by atoms with Crippen LogP contribution in [0.3, 0.4) is 0 Å². The molecule has 0 spiro atoms. The summed E-state index contributed by atoms with van der Waals surface area (Å²) in [6.45, 7) is 26.7. The van der Waals surface area contributed by atoms with Crippen molar-refractivity contribution >= 4 is 10.8 Å². The van der Waals surface area contributed by atoms with Gasteiger partial charge in [0, 0.05) is 5.92 Å². The van der Waals surface area contributed by atoms with Gasteiger partial charge in [0.05, 0.1) is 0 Å². The molecule has 250 valence electrons. The smallest absolute Gasteiger partial charge is 0.00867 e. The van der Waals surface area contributed by atoms with Crippen molar-refractivity contribution in [2.75, 3.05) is 0 Å². The van der Waals surface area contributed by atoms with E-state index in [0.29, 0.717) is 5.92 Å². The summed E-state index contributed by atoms with van der Waals surface area (Å²) in [7, 11) is 0. The van der Waals surface area contributed by atoms with Crippen molar-refractivity contribution in [1.82, 2.24) is 0 Å². The van der Waals surface area contributed by atoms with Crippen molar-refractivity contribution in [1.29, 1.82) is 0 Å². The number of rotatable bonds is 3. The van der Waals surface area contributed by atoms with Crippen molar-refractivity contribution < 1.29 is 0 Å². The van der Waals surface area contributed by atoms with E-state index in [1.807, 2.05) is 91.8 Å². The molecule has 45 heavy (non-hydrogen) atoms. The molecule has 0 atom stereocenters. The quantitative estimate of drug-likeness (QED) is 0.191. The van der Waals surface area contributed by atoms with Gasteiger partial charge in [0.1, 0.15) is 0 Å². The average molecular weight is 611 g/mol. The van der Waals surface area contributed by atoms with Crippen LogP contribution >= 0.6 is 0 Å². The lowest BCUT2D eigenvalue weighted by atomic mass is 9.89. The standard InChI is InChI=1S/C15H16.C10H8.C6H6.2C3H8.4C2H6/c1-2-15(13-9-5-3-6-10-13)14-11-7-4-8-12-14;1-2-6-10-8-4-3-7-9(10)5-1;1-2-4-6-5-3-1;2*1-3-2;4*1-2/h3-12,15H,2H2,1H3;1-8H;1-6H;2*3H2,1-2H3;4*1-2H3. The highest BCUT2D eigenvalue weighted by Gasteiger charge is 2.10. The lowest BCUT2D eigenvalue weighted by Gasteiger charge is -2.15. The first kappa shape index (κ1) is 48.3. The minimum atomic E-state index is 0.535. The minimum absolute atomic E-state index is 0.535. The predicted molar refractivity (Wildman–Crippen MR) is 213 cm³/mol. The number of hydrogen-bond acceptors (Lipinski definition) is 0. The van der Waals surface area contributed by atoms with Crippen LogP contribution in [-0.4, -0.2) is 0 Å². The molecule has 0 N–H and O–H groups in total. The molecule has 0 nitrogen and oxygen atoms in total. The number of benzene rings is 5. The first-order valence-corrected chi connectivity index (χ1v) is 17.7. The number of fused-ring (bicyclic) bond motifs is 1. The highest BCUT2D eigenvalue weighted by atomic mass is 14.1. The van der Waals surface area contributed by atoms with E-state index in [0.717, 1.165) is 6.42 Å². The highest BCUT2D eigenvalue weighted by Crippen LogP contribution is 2.27. The summed E-state index contributed by atoms with van der Waals surface area (Å²) >= 11 is 0. The van der Waals surface area contributed by atoms with Crippen LogP contribution in [-0.2, 0) is 0 Å². The zero-order chi connectivity index (χ0) is 35.0. The topological polar surface area (TPSA) is 0 Å². The van der Waals surface area contributed by atoms with Crippen molar-refractivity contribution in [2.24, 2.45) is 0 Å². The molecule has 0 saturated heterocycles. The second-order valence-electron chi connectivity index (χ2n) is 8.70. The fraction of sp³-hybridized carbons (Fsp3) is 0.378. The molecule has 0 amide bonds. The molecular formula is C45H70. The molecular weight excluding hydrogens is 540 g/mol. The summed E-state index contributed by atoms with van der Waals surface area (Å²) in [4.78, 5) is 0. The Labute approximate surface area is 282 Å². The van der Waals surface area contributed by atoms with E-state index in [-0.39, 0.29) is 0 Å². The van der Waals surface area contributed by atoms with Crippen LogP contribution in [0.1, 0.15) is 126 Å². The maximum absolute atomic E-state index is 2.24. The maximum Gasteiger partial charge on any atom is 0.00867 e. The maximum atomic E-state index is 2.24. The SMILES string of the molecule is CC.CC.CC.CC.CCC.CCC.CCC(c1ccccc1)c1ccccc1.c1ccc2ccccc2c1.c1ccccc1. The summed E-state index contributed by atoms with van der Waals surface area (Å²) in [6.07, 6.45) is 3.65. The minimum Gasteiger partial charge on any atom is -0.0683 e. The molecule has 0 saturated carbocycles. The molecule has 5 rings (SSSR count). The molecule has 0 aliphatic carbocycles. The van der Waals surface area contributed by atoms with Crippen LogP contribution in [0, 0.1) is 0 Å². The first-order valence-electron chi connectivity index (χ1n) is 17.7. The molecule has 5 aromatic carbocycles. The molecule has 0 aliphatic heterocycles. The molecule has 0 unspecified atom stereocenters. The van der Waals surface area contributed by atoms with Gasteiger partial charge in [-0.3, -0.25) is 0 Å². The van der Waals surface area contributed by atoms with Gasteiger partial charge in [-0.05, 0) is 28.3 Å². The van der Waals surface area contributed by atoms with Gasteiger partial charge < -0.3 is 0 Å². The lowest BCUT2D eigenvalue weighted by molar-refractivity contribution is 0.777.